The molecule has 0 spiro atoms. The first-order chi connectivity index (χ1) is 8.15. The summed E-state index contributed by atoms with van der Waals surface area (Å²) in [6, 6.07) is 3.44. The molecule has 17 heavy (non-hydrogen) atoms. The van der Waals surface area contributed by atoms with Gasteiger partial charge in [-0.1, -0.05) is 12.8 Å². The lowest BCUT2D eigenvalue weighted by molar-refractivity contribution is -0.122. The van der Waals surface area contributed by atoms with Crippen molar-refractivity contribution >= 4 is 5.78 Å². The van der Waals surface area contributed by atoms with Crippen molar-refractivity contribution in [3.63, 3.8) is 0 Å². The number of Topliss-reactive ketones (excluding diaryl/α,β-unsaturated/α-hetero) is 1. The lowest BCUT2D eigenvalue weighted by Gasteiger charge is -2.07. The summed E-state index contributed by atoms with van der Waals surface area (Å²) in [5, 5.41) is 0. The molecule has 0 aromatic heterocycles. The van der Waals surface area contributed by atoms with Crippen LogP contribution in [0.2, 0.25) is 0 Å². The molecule has 0 unspecified atom stereocenters. The smallest absolute Gasteiger partial charge is 0.136 e. The molecule has 0 amide bonds. The summed E-state index contributed by atoms with van der Waals surface area (Å²) in [6.45, 7) is 0. The van der Waals surface area contributed by atoms with Crippen molar-refractivity contribution in [2.75, 3.05) is 0 Å². The average Bonchev–Trinajstić information content (AvgIpc) is 2.78. The molecule has 0 saturated heterocycles. The Morgan fingerprint density at radius 2 is 1.71 bits per heavy atom. The number of carbonyl (C=O) groups excluding carboxylic acids is 1. The third-order valence-corrected chi connectivity index (χ3v) is 3.39. The van der Waals surface area contributed by atoms with Crippen LogP contribution in [-0.2, 0) is 11.2 Å². The van der Waals surface area contributed by atoms with Gasteiger partial charge in [-0.05, 0) is 37.0 Å². The SMILES string of the molecule is O=C(CCc1cc(F)cc(F)c1)C1CCCC1. The maximum atomic E-state index is 12.9. The molecule has 2 rings (SSSR count). The molecule has 0 bridgehead atoms. The summed E-state index contributed by atoms with van der Waals surface area (Å²) < 4.78 is 25.9. The van der Waals surface area contributed by atoms with Crippen LogP contribution < -0.4 is 0 Å². The highest BCUT2D eigenvalue weighted by molar-refractivity contribution is 5.81. The van der Waals surface area contributed by atoms with E-state index in [0.29, 0.717) is 18.4 Å². The van der Waals surface area contributed by atoms with Crippen LogP contribution in [0.3, 0.4) is 0 Å². The first kappa shape index (κ1) is 12.2. The summed E-state index contributed by atoms with van der Waals surface area (Å²) in [4.78, 5) is 11.8. The van der Waals surface area contributed by atoms with Crippen molar-refractivity contribution in [1.29, 1.82) is 0 Å². The first-order valence-corrected chi connectivity index (χ1v) is 6.13. The minimum absolute atomic E-state index is 0.188. The van der Waals surface area contributed by atoms with E-state index in [-0.39, 0.29) is 11.7 Å². The highest BCUT2D eigenvalue weighted by Gasteiger charge is 2.21. The number of benzene rings is 1. The Morgan fingerprint density at radius 3 is 2.29 bits per heavy atom. The molecule has 1 aliphatic rings. The van der Waals surface area contributed by atoms with E-state index in [1.165, 1.54) is 12.1 Å². The van der Waals surface area contributed by atoms with E-state index in [0.717, 1.165) is 31.7 Å². The second kappa shape index (κ2) is 5.39. The van der Waals surface area contributed by atoms with E-state index >= 15 is 0 Å². The highest BCUT2D eigenvalue weighted by atomic mass is 19.1. The van der Waals surface area contributed by atoms with Gasteiger partial charge in [0, 0.05) is 18.4 Å². The zero-order valence-corrected chi connectivity index (χ0v) is 9.72. The van der Waals surface area contributed by atoms with E-state index in [1.807, 2.05) is 0 Å². The Hall–Kier alpha value is -1.25. The minimum atomic E-state index is -0.576. The van der Waals surface area contributed by atoms with Crippen LogP contribution in [0.15, 0.2) is 18.2 Å². The molecule has 3 heteroatoms. The second-order valence-corrected chi connectivity index (χ2v) is 4.73. The summed E-state index contributed by atoms with van der Waals surface area (Å²) >= 11 is 0. The van der Waals surface area contributed by atoms with Crippen LogP contribution in [-0.4, -0.2) is 5.78 Å². The number of hydrogen-bond donors (Lipinski definition) is 0. The monoisotopic (exact) mass is 238 g/mol. The fraction of sp³-hybridized carbons (Fsp3) is 0.500. The Morgan fingerprint density at radius 1 is 1.12 bits per heavy atom. The van der Waals surface area contributed by atoms with Crippen LogP contribution in [0.1, 0.15) is 37.7 Å². The minimum Gasteiger partial charge on any atom is -0.299 e. The summed E-state index contributed by atoms with van der Waals surface area (Å²) in [7, 11) is 0. The molecule has 1 aromatic rings. The molecule has 92 valence electrons. The first-order valence-electron chi connectivity index (χ1n) is 6.13. The van der Waals surface area contributed by atoms with Crippen molar-refractivity contribution in [2.24, 2.45) is 5.92 Å². The van der Waals surface area contributed by atoms with Gasteiger partial charge in [0.05, 0.1) is 0 Å². The number of ketones is 1. The van der Waals surface area contributed by atoms with Gasteiger partial charge in [-0.15, -0.1) is 0 Å². The molecule has 0 N–H and O–H groups in total. The van der Waals surface area contributed by atoms with Crippen molar-refractivity contribution in [2.45, 2.75) is 38.5 Å². The zero-order valence-electron chi connectivity index (χ0n) is 9.72. The van der Waals surface area contributed by atoms with E-state index in [2.05, 4.69) is 0 Å². The molecule has 1 fully saturated rings. The molecule has 0 aliphatic heterocycles. The number of hydrogen-bond acceptors (Lipinski definition) is 1. The third-order valence-electron chi connectivity index (χ3n) is 3.39. The maximum Gasteiger partial charge on any atom is 0.136 e. The number of rotatable bonds is 4. The van der Waals surface area contributed by atoms with Crippen LogP contribution in [0.5, 0.6) is 0 Å². The molecule has 0 atom stereocenters. The van der Waals surface area contributed by atoms with Gasteiger partial charge in [0.15, 0.2) is 0 Å². The van der Waals surface area contributed by atoms with Gasteiger partial charge in [-0.3, -0.25) is 4.79 Å². The lowest BCUT2D eigenvalue weighted by Crippen LogP contribution is -2.11. The topological polar surface area (TPSA) is 17.1 Å². The van der Waals surface area contributed by atoms with Crippen LogP contribution >= 0.6 is 0 Å². The fourth-order valence-electron chi connectivity index (χ4n) is 2.47. The predicted octanol–water partition coefficient (Wildman–Crippen LogP) is 3.66. The normalized spacial score (nSPS) is 16.4. The van der Waals surface area contributed by atoms with Gasteiger partial charge in [0.25, 0.3) is 0 Å². The molecule has 1 aromatic carbocycles. The number of aryl methyl sites for hydroxylation is 1. The van der Waals surface area contributed by atoms with E-state index < -0.39 is 11.6 Å². The Balaban J connectivity index is 1.90. The summed E-state index contributed by atoms with van der Waals surface area (Å²) in [6.07, 6.45) is 5.06. The second-order valence-electron chi connectivity index (χ2n) is 4.73. The lowest BCUT2D eigenvalue weighted by atomic mass is 9.97. The van der Waals surface area contributed by atoms with E-state index in [4.69, 9.17) is 0 Å². The summed E-state index contributed by atoms with van der Waals surface area (Å²) in [5.41, 5.74) is 0.564. The molecular weight excluding hydrogens is 222 g/mol. The molecule has 1 nitrogen and oxygen atoms in total. The van der Waals surface area contributed by atoms with Crippen molar-refractivity contribution < 1.29 is 13.6 Å². The highest BCUT2D eigenvalue weighted by Crippen LogP contribution is 2.26. The maximum absolute atomic E-state index is 12.9. The molecule has 0 heterocycles. The predicted molar refractivity (Wildman–Crippen MR) is 61.6 cm³/mol. The van der Waals surface area contributed by atoms with Gasteiger partial charge in [0.1, 0.15) is 17.4 Å². The molecule has 1 aliphatic carbocycles. The summed E-state index contributed by atoms with van der Waals surface area (Å²) in [5.74, 6) is -0.720. The average molecular weight is 238 g/mol. The standard InChI is InChI=1S/C14H16F2O/c15-12-7-10(8-13(16)9-12)5-6-14(17)11-3-1-2-4-11/h7-9,11H,1-6H2. The van der Waals surface area contributed by atoms with Gasteiger partial charge in [-0.2, -0.15) is 0 Å². The van der Waals surface area contributed by atoms with Gasteiger partial charge in [-0.25, -0.2) is 8.78 Å². The van der Waals surface area contributed by atoms with Gasteiger partial charge >= 0.3 is 0 Å². The largest absolute Gasteiger partial charge is 0.299 e. The Bertz CT molecular complexity index is 388. The quantitative estimate of drug-likeness (QED) is 0.782. The molecule has 0 radical (unpaired) electrons. The van der Waals surface area contributed by atoms with Crippen LogP contribution in [0, 0.1) is 17.6 Å². The number of carbonyl (C=O) groups is 1. The third kappa shape index (κ3) is 3.35. The van der Waals surface area contributed by atoms with E-state index in [9.17, 15) is 13.6 Å². The zero-order chi connectivity index (χ0) is 12.3. The van der Waals surface area contributed by atoms with Crippen molar-refractivity contribution in [3.8, 4) is 0 Å². The van der Waals surface area contributed by atoms with E-state index in [1.54, 1.807) is 0 Å². The van der Waals surface area contributed by atoms with Crippen molar-refractivity contribution in [1.82, 2.24) is 0 Å². The van der Waals surface area contributed by atoms with Crippen molar-refractivity contribution in [3.05, 3.63) is 35.4 Å². The van der Waals surface area contributed by atoms with Gasteiger partial charge < -0.3 is 0 Å². The number of halogens is 2. The molecular formula is C14H16F2O. The Kier molecular flexibility index (Phi) is 3.87. The molecule has 1 saturated carbocycles. The van der Waals surface area contributed by atoms with Crippen LogP contribution in [0.25, 0.3) is 0 Å². The Labute approximate surface area is 99.8 Å². The van der Waals surface area contributed by atoms with Gasteiger partial charge in [0.2, 0.25) is 0 Å². The van der Waals surface area contributed by atoms with Crippen LogP contribution in [0.4, 0.5) is 8.78 Å². The fourth-order valence-corrected chi connectivity index (χ4v) is 2.47.